The first-order valence-electron chi connectivity index (χ1n) is 7.76. The Morgan fingerprint density at radius 1 is 1.17 bits per heavy atom. The average Bonchev–Trinajstić information content (AvgIpc) is 3.04. The quantitative estimate of drug-likeness (QED) is 0.811. The normalized spacial score (nSPS) is 24.7. The van der Waals surface area contributed by atoms with Gasteiger partial charge in [-0.2, -0.15) is 0 Å². The maximum Gasteiger partial charge on any atom is 0.248 e. The Hall–Kier alpha value is -2.26. The number of primary amides is 1. The fourth-order valence-corrected chi connectivity index (χ4v) is 3.87. The number of nitrogens with two attached hydrogens (primary N) is 1. The van der Waals surface area contributed by atoms with Crippen molar-refractivity contribution in [2.75, 3.05) is 5.32 Å². The highest BCUT2D eigenvalue weighted by Crippen LogP contribution is 2.49. The average molecular weight is 325 g/mol. The second-order valence-electron chi connectivity index (χ2n) is 6.19. The van der Waals surface area contributed by atoms with E-state index in [9.17, 15) is 4.79 Å². The second kappa shape index (κ2) is 5.43. The summed E-state index contributed by atoms with van der Waals surface area (Å²) in [5.74, 6) is 0.365. The van der Waals surface area contributed by atoms with Crippen molar-refractivity contribution in [2.24, 2.45) is 11.7 Å². The number of halogens is 1. The third kappa shape index (κ3) is 2.41. The van der Waals surface area contributed by atoms with Crippen LogP contribution in [0, 0.1) is 5.92 Å². The molecule has 116 valence electrons. The zero-order valence-electron chi connectivity index (χ0n) is 12.5. The Balaban J connectivity index is 1.77. The van der Waals surface area contributed by atoms with Crippen LogP contribution in [0.3, 0.4) is 0 Å². The number of carbonyl (C=O) groups excluding carboxylic acids is 1. The van der Waals surface area contributed by atoms with Gasteiger partial charge in [0.25, 0.3) is 0 Å². The third-order valence-corrected chi connectivity index (χ3v) is 5.13. The molecule has 1 aliphatic heterocycles. The lowest BCUT2D eigenvalue weighted by Gasteiger charge is -2.37. The van der Waals surface area contributed by atoms with Crippen molar-refractivity contribution in [3.05, 3.63) is 76.3 Å². The van der Waals surface area contributed by atoms with E-state index in [-0.39, 0.29) is 11.9 Å². The fourth-order valence-electron chi connectivity index (χ4n) is 3.75. The largest absolute Gasteiger partial charge is 0.378 e. The molecule has 1 amide bonds. The van der Waals surface area contributed by atoms with E-state index in [2.05, 4.69) is 29.6 Å². The lowest BCUT2D eigenvalue weighted by atomic mass is 9.76. The molecule has 3 nitrogen and oxygen atoms in total. The molecule has 2 aliphatic rings. The van der Waals surface area contributed by atoms with Gasteiger partial charge in [-0.15, -0.1) is 0 Å². The zero-order valence-corrected chi connectivity index (χ0v) is 13.3. The summed E-state index contributed by atoms with van der Waals surface area (Å²) in [6.45, 7) is 0. The summed E-state index contributed by atoms with van der Waals surface area (Å²) in [7, 11) is 0. The molecule has 3 N–H and O–H groups in total. The molecular formula is C19H17ClN2O. The number of benzene rings is 2. The molecule has 0 fully saturated rings. The highest BCUT2D eigenvalue weighted by atomic mass is 35.5. The van der Waals surface area contributed by atoms with Crippen LogP contribution >= 0.6 is 11.6 Å². The van der Waals surface area contributed by atoms with Crippen molar-refractivity contribution >= 4 is 23.2 Å². The van der Waals surface area contributed by atoms with E-state index in [4.69, 9.17) is 17.3 Å². The van der Waals surface area contributed by atoms with Gasteiger partial charge in [-0.1, -0.05) is 35.9 Å². The highest BCUT2D eigenvalue weighted by Gasteiger charge is 2.37. The zero-order chi connectivity index (χ0) is 16.0. The van der Waals surface area contributed by atoms with E-state index in [0.29, 0.717) is 17.4 Å². The summed E-state index contributed by atoms with van der Waals surface area (Å²) in [4.78, 5) is 11.5. The second-order valence-corrected chi connectivity index (χ2v) is 6.63. The van der Waals surface area contributed by atoms with Gasteiger partial charge in [0.05, 0.1) is 6.04 Å². The Morgan fingerprint density at radius 2 is 1.96 bits per heavy atom. The Bertz CT molecular complexity index is 798. The standard InChI is InChI=1S/C19H17ClN2O/c20-13-7-4-11(5-8-13)18-15-3-1-2-14(15)16-10-12(19(21)23)6-9-17(16)22-18/h1-2,4-10,14-15,18,22H,3H2,(H2,21,23)/t14-,15+,18+/m1/s1. The number of nitrogens with one attached hydrogen (secondary N) is 1. The smallest absolute Gasteiger partial charge is 0.248 e. The minimum atomic E-state index is -0.383. The molecule has 2 aromatic carbocycles. The molecule has 0 aromatic heterocycles. The third-order valence-electron chi connectivity index (χ3n) is 4.88. The van der Waals surface area contributed by atoms with Crippen molar-refractivity contribution in [1.82, 2.24) is 0 Å². The fraction of sp³-hybridized carbons (Fsp3) is 0.211. The van der Waals surface area contributed by atoms with Crippen molar-refractivity contribution in [2.45, 2.75) is 18.4 Å². The summed E-state index contributed by atoms with van der Waals surface area (Å²) < 4.78 is 0. The molecule has 0 saturated carbocycles. The van der Waals surface area contributed by atoms with Crippen LogP contribution in [-0.4, -0.2) is 5.91 Å². The summed E-state index contributed by atoms with van der Waals surface area (Å²) in [6.07, 6.45) is 5.50. The minimum absolute atomic E-state index is 0.235. The molecule has 3 atom stereocenters. The van der Waals surface area contributed by atoms with Gasteiger partial charge in [0.15, 0.2) is 0 Å². The molecule has 4 rings (SSSR count). The minimum Gasteiger partial charge on any atom is -0.378 e. The van der Waals surface area contributed by atoms with Crippen molar-refractivity contribution < 1.29 is 4.79 Å². The Kier molecular flexibility index (Phi) is 3.38. The number of allylic oxidation sites excluding steroid dienone is 2. The number of amides is 1. The molecule has 0 bridgehead atoms. The Labute approximate surface area is 140 Å². The van der Waals surface area contributed by atoms with Gasteiger partial charge in [0.1, 0.15) is 0 Å². The molecule has 0 spiro atoms. The summed E-state index contributed by atoms with van der Waals surface area (Å²) in [5.41, 5.74) is 9.45. The monoisotopic (exact) mass is 324 g/mol. The van der Waals surface area contributed by atoms with Crippen molar-refractivity contribution in [1.29, 1.82) is 0 Å². The van der Waals surface area contributed by atoms with Gasteiger partial charge in [-0.05, 0) is 53.8 Å². The number of anilines is 1. The predicted molar refractivity (Wildman–Crippen MR) is 92.8 cm³/mol. The number of carbonyl (C=O) groups is 1. The number of fused-ring (bicyclic) bond motifs is 3. The van der Waals surface area contributed by atoms with Crippen LogP contribution in [0.25, 0.3) is 0 Å². The molecule has 2 aromatic rings. The number of hydrogen-bond acceptors (Lipinski definition) is 2. The van der Waals surface area contributed by atoms with E-state index in [1.54, 1.807) is 6.07 Å². The van der Waals surface area contributed by atoms with Gasteiger partial charge < -0.3 is 11.1 Å². The molecule has 23 heavy (non-hydrogen) atoms. The van der Waals surface area contributed by atoms with Gasteiger partial charge in [-0.3, -0.25) is 4.79 Å². The predicted octanol–water partition coefficient (Wildman–Crippen LogP) is 4.27. The Morgan fingerprint density at radius 3 is 2.70 bits per heavy atom. The van der Waals surface area contributed by atoms with Crippen LogP contribution < -0.4 is 11.1 Å². The molecule has 0 radical (unpaired) electrons. The van der Waals surface area contributed by atoms with Gasteiger partial charge in [0.2, 0.25) is 5.91 Å². The molecule has 1 aliphatic carbocycles. The lowest BCUT2D eigenvalue weighted by Crippen LogP contribution is -2.29. The van der Waals surface area contributed by atoms with Crippen LogP contribution in [0.1, 0.15) is 39.9 Å². The van der Waals surface area contributed by atoms with Crippen LogP contribution in [0.4, 0.5) is 5.69 Å². The topological polar surface area (TPSA) is 55.1 Å². The van der Waals surface area contributed by atoms with Crippen LogP contribution in [0.2, 0.25) is 5.02 Å². The molecular weight excluding hydrogens is 308 g/mol. The van der Waals surface area contributed by atoms with Crippen LogP contribution in [-0.2, 0) is 0 Å². The van der Waals surface area contributed by atoms with E-state index in [0.717, 1.165) is 22.7 Å². The summed E-state index contributed by atoms with van der Waals surface area (Å²) in [5, 5.41) is 4.38. The lowest BCUT2D eigenvalue weighted by molar-refractivity contribution is 0.1000. The first-order valence-corrected chi connectivity index (χ1v) is 8.14. The van der Waals surface area contributed by atoms with Gasteiger partial charge >= 0.3 is 0 Å². The molecule has 0 unspecified atom stereocenters. The van der Waals surface area contributed by atoms with E-state index < -0.39 is 0 Å². The van der Waals surface area contributed by atoms with Crippen LogP contribution in [0.5, 0.6) is 0 Å². The summed E-state index contributed by atoms with van der Waals surface area (Å²) >= 11 is 6.01. The first-order chi connectivity index (χ1) is 11.1. The molecule has 0 saturated heterocycles. The number of rotatable bonds is 2. The SMILES string of the molecule is NC(=O)c1ccc2c(c1)[C@@H]1C=CC[C@@H]1[C@H](c1ccc(Cl)cc1)N2. The maximum atomic E-state index is 11.5. The highest BCUT2D eigenvalue weighted by molar-refractivity contribution is 6.30. The maximum absolute atomic E-state index is 11.5. The van der Waals surface area contributed by atoms with Gasteiger partial charge in [0, 0.05) is 22.2 Å². The van der Waals surface area contributed by atoms with E-state index in [1.807, 2.05) is 24.3 Å². The molecule has 1 heterocycles. The van der Waals surface area contributed by atoms with E-state index >= 15 is 0 Å². The van der Waals surface area contributed by atoms with Crippen molar-refractivity contribution in [3.8, 4) is 0 Å². The van der Waals surface area contributed by atoms with Gasteiger partial charge in [-0.25, -0.2) is 0 Å². The molecule has 4 heteroatoms. The van der Waals surface area contributed by atoms with Crippen molar-refractivity contribution in [3.63, 3.8) is 0 Å². The first kappa shape index (κ1) is 14.3. The van der Waals surface area contributed by atoms with Crippen LogP contribution in [0.15, 0.2) is 54.6 Å². The summed E-state index contributed by atoms with van der Waals surface area (Å²) in [6, 6.07) is 13.9. The number of hydrogen-bond donors (Lipinski definition) is 2. The van der Waals surface area contributed by atoms with E-state index in [1.165, 1.54) is 5.56 Å².